The Morgan fingerprint density at radius 1 is 1.04 bits per heavy atom. The summed E-state index contributed by atoms with van der Waals surface area (Å²) in [5, 5.41) is 3.93. The van der Waals surface area contributed by atoms with E-state index in [1.807, 2.05) is 12.3 Å². The topological polar surface area (TPSA) is 26.0 Å². The molecule has 0 unspecified atom stereocenters. The third-order valence-corrected chi connectivity index (χ3v) is 7.24. The van der Waals surface area contributed by atoms with Gasteiger partial charge in [0.2, 0.25) is 0 Å². The molecule has 2 heterocycles. The molecule has 0 amide bonds. The van der Waals surface area contributed by atoms with Gasteiger partial charge in [-0.3, -0.25) is 4.98 Å². The number of aryl methyl sites for hydroxylation is 2. The van der Waals surface area contributed by atoms with Crippen LogP contribution < -0.4 is 5.19 Å². The number of rotatable bonds is 3. The molecule has 4 aromatic rings. The molecule has 4 rings (SSSR count). The van der Waals surface area contributed by atoms with Gasteiger partial charge in [0.15, 0.2) is 0 Å². The Labute approximate surface area is 155 Å². The van der Waals surface area contributed by atoms with Gasteiger partial charge in [0.05, 0.1) is 13.8 Å². The van der Waals surface area contributed by atoms with Gasteiger partial charge in [0.25, 0.3) is 0 Å². The average molecular weight is 360 g/mol. The fraction of sp³-hybridized carbons (Fsp3) is 0.261. The number of hydrogen-bond acceptors (Lipinski definition) is 2. The lowest BCUT2D eigenvalue weighted by Crippen LogP contribution is -2.37. The summed E-state index contributed by atoms with van der Waals surface area (Å²) in [7, 11) is -1.51. The fourth-order valence-electron chi connectivity index (χ4n) is 3.76. The molecule has 26 heavy (non-hydrogen) atoms. The Kier molecular flexibility index (Phi) is 4.00. The average Bonchev–Trinajstić information content (AvgIpc) is 2.99. The molecule has 0 saturated heterocycles. The van der Waals surface area contributed by atoms with Gasteiger partial charge in [0, 0.05) is 22.5 Å². The van der Waals surface area contributed by atoms with Crippen molar-refractivity contribution in [2.75, 3.05) is 0 Å². The van der Waals surface area contributed by atoms with Crippen molar-refractivity contribution in [1.29, 1.82) is 0 Å². The van der Waals surface area contributed by atoms with Gasteiger partial charge in [-0.05, 0) is 47.9 Å². The molecule has 0 bridgehead atoms. The normalized spacial score (nSPS) is 12.2. The maximum Gasteiger partial charge on any atom is 0.144 e. The molecule has 0 aliphatic heterocycles. The van der Waals surface area contributed by atoms with Gasteiger partial charge in [0.1, 0.15) is 11.2 Å². The quantitative estimate of drug-likeness (QED) is 0.415. The minimum Gasteiger partial charge on any atom is -0.455 e. The zero-order chi connectivity index (χ0) is 18.5. The van der Waals surface area contributed by atoms with E-state index in [9.17, 15) is 0 Å². The van der Waals surface area contributed by atoms with Gasteiger partial charge in [-0.1, -0.05) is 50.8 Å². The second-order valence-electron chi connectivity index (χ2n) is 8.06. The van der Waals surface area contributed by atoms with E-state index in [1.54, 1.807) is 0 Å². The highest BCUT2D eigenvalue weighted by Crippen LogP contribution is 2.35. The number of hydrogen-bond donors (Lipinski definition) is 0. The molecule has 0 atom stereocenters. The molecule has 2 aromatic heterocycles. The highest BCUT2D eigenvalue weighted by Gasteiger charge is 2.24. The van der Waals surface area contributed by atoms with Crippen LogP contribution in [-0.2, 0) is 6.42 Å². The summed E-state index contributed by atoms with van der Waals surface area (Å²) in [6, 6.07) is 15.1. The van der Waals surface area contributed by atoms with Crippen molar-refractivity contribution in [3.63, 3.8) is 0 Å². The second kappa shape index (κ2) is 6.10. The monoisotopic (exact) mass is 359 g/mol. The molecular weight excluding hydrogens is 334 g/mol. The van der Waals surface area contributed by atoms with Gasteiger partial charge in [-0.15, -0.1) is 0 Å². The van der Waals surface area contributed by atoms with Crippen molar-refractivity contribution in [1.82, 2.24) is 4.98 Å². The molecular formula is C23H25NOSi. The van der Waals surface area contributed by atoms with Gasteiger partial charge in [-0.25, -0.2) is 0 Å². The number of nitrogens with zero attached hydrogens (tertiary/aromatic N) is 1. The summed E-state index contributed by atoms with van der Waals surface area (Å²) in [6.07, 6.45) is 3.01. The zero-order valence-corrected chi connectivity index (χ0v) is 17.2. The molecule has 0 aliphatic carbocycles. The third kappa shape index (κ3) is 2.67. The largest absolute Gasteiger partial charge is 0.455 e. The first-order chi connectivity index (χ1) is 12.4. The van der Waals surface area contributed by atoms with Gasteiger partial charge >= 0.3 is 0 Å². The summed E-state index contributed by atoms with van der Waals surface area (Å²) in [5.74, 6) is 0. The highest BCUT2D eigenvalue weighted by atomic mass is 28.3. The lowest BCUT2D eigenvalue weighted by atomic mass is 10.0. The molecule has 0 spiro atoms. The lowest BCUT2D eigenvalue weighted by molar-refractivity contribution is 0.670. The molecule has 132 valence electrons. The SMILES string of the molecule is CCc1cnc(-c2ccc([Si](C)(C)C)c3c2oc2ccccc23)cc1C. The first-order valence-corrected chi connectivity index (χ1v) is 12.8. The van der Waals surface area contributed by atoms with Crippen LogP contribution in [0.3, 0.4) is 0 Å². The number of benzene rings is 2. The van der Waals surface area contributed by atoms with E-state index in [1.165, 1.54) is 27.1 Å². The summed E-state index contributed by atoms with van der Waals surface area (Å²) >= 11 is 0. The van der Waals surface area contributed by atoms with Crippen LogP contribution in [0.4, 0.5) is 0 Å². The predicted octanol–water partition coefficient (Wildman–Crippen LogP) is 6.06. The first kappa shape index (κ1) is 17.0. The van der Waals surface area contributed by atoms with E-state index in [0.717, 1.165) is 28.8 Å². The third-order valence-electron chi connectivity index (χ3n) is 5.21. The second-order valence-corrected chi connectivity index (χ2v) is 13.1. The van der Waals surface area contributed by atoms with E-state index in [0.29, 0.717) is 0 Å². The first-order valence-electron chi connectivity index (χ1n) is 9.30. The summed E-state index contributed by atoms with van der Waals surface area (Å²) < 4.78 is 6.35. The summed E-state index contributed by atoms with van der Waals surface area (Å²) in [5.41, 5.74) is 6.60. The van der Waals surface area contributed by atoms with E-state index < -0.39 is 8.07 Å². The lowest BCUT2D eigenvalue weighted by Gasteiger charge is -2.19. The Hall–Kier alpha value is -2.39. The van der Waals surface area contributed by atoms with Crippen LogP contribution in [0.5, 0.6) is 0 Å². The van der Waals surface area contributed by atoms with E-state index in [-0.39, 0.29) is 0 Å². The Bertz CT molecular complexity index is 1120. The molecule has 0 radical (unpaired) electrons. The van der Waals surface area contributed by atoms with Crippen LogP contribution in [0.2, 0.25) is 19.6 Å². The maximum atomic E-state index is 6.35. The van der Waals surface area contributed by atoms with Crippen molar-refractivity contribution in [3.05, 3.63) is 59.8 Å². The molecule has 0 N–H and O–H groups in total. The van der Waals surface area contributed by atoms with Gasteiger partial charge < -0.3 is 4.42 Å². The van der Waals surface area contributed by atoms with Crippen molar-refractivity contribution in [2.45, 2.75) is 39.9 Å². The van der Waals surface area contributed by atoms with Crippen molar-refractivity contribution >= 4 is 35.2 Å². The summed E-state index contributed by atoms with van der Waals surface area (Å²) in [6.45, 7) is 11.5. The minimum atomic E-state index is -1.51. The van der Waals surface area contributed by atoms with Crippen molar-refractivity contribution < 1.29 is 4.42 Å². The van der Waals surface area contributed by atoms with E-state index >= 15 is 0 Å². The van der Waals surface area contributed by atoms with Crippen LogP contribution in [0.25, 0.3) is 33.2 Å². The van der Waals surface area contributed by atoms with E-state index in [4.69, 9.17) is 9.40 Å². The molecule has 0 fully saturated rings. The number of fused-ring (bicyclic) bond motifs is 3. The highest BCUT2D eigenvalue weighted by molar-refractivity contribution is 6.90. The number of pyridine rings is 1. The number of aromatic nitrogens is 1. The fourth-order valence-corrected chi connectivity index (χ4v) is 5.34. The van der Waals surface area contributed by atoms with Crippen LogP contribution in [0.1, 0.15) is 18.1 Å². The van der Waals surface area contributed by atoms with Crippen LogP contribution in [0.15, 0.2) is 53.1 Å². The summed E-state index contributed by atoms with van der Waals surface area (Å²) in [4.78, 5) is 4.74. The Morgan fingerprint density at radius 2 is 1.81 bits per heavy atom. The zero-order valence-electron chi connectivity index (χ0n) is 16.2. The van der Waals surface area contributed by atoms with Crippen LogP contribution >= 0.6 is 0 Å². The Balaban J connectivity index is 2.08. The van der Waals surface area contributed by atoms with Gasteiger partial charge in [-0.2, -0.15) is 0 Å². The molecule has 3 heteroatoms. The maximum absolute atomic E-state index is 6.35. The minimum absolute atomic E-state index is 0.955. The number of furan rings is 1. The Morgan fingerprint density at radius 3 is 2.50 bits per heavy atom. The number of para-hydroxylation sites is 1. The van der Waals surface area contributed by atoms with Crippen LogP contribution in [-0.4, -0.2) is 13.1 Å². The molecule has 0 aliphatic rings. The van der Waals surface area contributed by atoms with Crippen molar-refractivity contribution in [2.24, 2.45) is 0 Å². The van der Waals surface area contributed by atoms with Crippen LogP contribution in [0, 0.1) is 6.92 Å². The molecule has 0 saturated carbocycles. The van der Waals surface area contributed by atoms with Crippen molar-refractivity contribution in [3.8, 4) is 11.3 Å². The predicted molar refractivity (Wildman–Crippen MR) is 114 cm³/mol. The van der Waals surface area contributed by atoms with E-state index in [2.05, 4.69) is 69.9 Å². The smallest absolute Gasteiger partial charge is 0.144 e. The molecule has 2 aromatic carbocycles. The standard InChI is InChI=1S/C23H25NOSi/c1-6-16-14-24-19(13-15(16)2)17-11-12-21(26(3,4)5)22-18-9-7-8-10-20(18)25-23(17)22/h7-14H,6H2,1-5H3. The molecule has 2 nitrogen and oxygen atoms in total.